The zero-order valence-electron chi connectivity index (χ0n) is 9.26. The molecule has 0 saturated heterocycles. The fourth-order valence-corrected chi connectivity index (χ4v) is 1.43. The molecule has 0 fully saturated rings. The smallest absolute Gasteiger partial charge is 0.241 e. The van der Waals surface area contributed by atoms with Gasteiger partial charge in [0.2, 0.25) is 5.91 Å². The maximum atomic E-state index is 11.5. The number of nitrogens with zero attached hydrogens (tertiary/aromatic N) is 3. The molecule has 4 N–H and O–H groups in total. The van der Waals surface area contributed by atoms with Crippen LogP contribution >= 0.6 is 0 Å². The molecule has 7 heteroatoms. The van der Waals surface area contributed by atoms with E-state index in [2.05, 4.69) is 20.4 Å². The van der Waals surface area contributed by atoms with Crippen molar-refractivity contribution in [3.63, 3.8) is 0 Å². The Labute approximate surface area is 98.0 Å². The summed E-state index contributed by atoms with van der Waals surface area (Å²) in [6.07, 6.45) is 7.21. The second-order valence-corrected chi connectivity index (χ2v) is 3.65. The van der Waals surface area contributed by atoms with Crippen LogP contribution in [0.3, 0.4) is 0 Å². The van der Waals surface area contributed by atoms with Crippen LogP contribution in [0.2, 0.25) is 0 Å². The van der Waals surface area contributed by atoms with Crippen molar-refractivity contribution in [3.05, 3.63) is 30.6 Å². The largest absolute Gasteiger partial charge is 0.396 e. The Bertz CT molecular complexity index is 475. The third-order valence-corrected chi connectivity index (χ3v) is 2.23. The van der Waals surface area contributed by atoms with Crippen molar-refractivity contribution in [1.82, 2.24) is 25.1 Å². The number of aromatic nitrogens is 4. The van der Waals surface area contributed by atoms with Crippen LogP contribution in [-0.4, -0.2) is 32.2 Å². The number of anilines is 1. The summed E-state index contributed by atoms with van der Waals surface area (Å²) in [6, 6.07) is 0. The number of amides is 1. The SMILES string of the molecule is Nc1cnn(CC(=O)NCCc2cnc[nH]2)c1. The lowest BCUT2D eigenvalue weighted by Gasteiger charge is -2.04. The normalized spacial score (nSPS) is 10.4. The molecule has 0 saturated carbocycles. The van der Waals surface area contributed by atoms with Crippen LogP contribution in [0.15, 0.2) is 24.9 Å². The Morgan fingerprint density at radius 1 is 1.53 bits per heavy atom. The number of nitrogens with two attached hydrogens (primary N) is 1. The summed E-state index contributed by atoms with van der Waals surface area (Å²) in [4.78, 5) is 18.4. The Kier molecular flexibility index (Phi) is 3.39. The molecule has 7 nitrogen and oxygen atoms in total. The third-order valence-electron chi connectivity index (χ3n) is 2.23. The molecule has 0 aromatic carbocycles. The molecular weight excluding hydrogens is 220 g/mol. The number of rotatable bonds is 5. The standard InChI is InChI=1S/C10H14N6O/c11-8-3-15-16(5-8)6-10(17)13-2-1-9-4-12-7-14-9/h3-5,7H,1-2,6,11H2,(H,12,14)(H,13,17). The van der Waals surface area contributed by atoms with E-state index in [-0.39, 0.29) is 12.5 Å². The van der Waals surface area contributed by atoms with Gasteiger partial charge in [-0.25, -0.2) is 4.98 Å². The van der Waals surface area contributed by atoms with Gasteiger partial charge in [-0.2, -0.15) is 5.10 Å². The Hall–Kier alpha value is -2.31. The number of H-pyrrole nitrogens is 1. The number of nitrogens with one attached hydrogen (secondary N) is 2. The summed E-state index contributed by atoms with van der Waals surface area (Å²) < 4.78 is 1.50. The Balaban J connectivity index is 1.71. The fraction of sp³-hybridized carbons (Fsp3) is 0.300. The van der Waals surface area contributed by atoms with Crippen molar-refractivity contribution in [3.8, 4) is 0 Å². The summed E-state index contributed by atoms with van der Waals surface area (Å²) in [5.74, 6) is -0.0902. The van der Waals surface area contributed by atoms with Crippen LogP contribution in [0.4, 0.5) is 5.69 Å². The van der Waals surface area contributed by atoms with Gasteiger partial charge in [-0.05, 0) is 0 Å². The molecule has 0 aliphatic rings. The van der Waals surface area contributed by atoms with Gasteiger partial charge < -0.3 is 16.0 Å². The van der Waals surface area contributed by atoms with Gasteiger partial charge in [-0.15, -0.1) is 0 Å². The second-order valence-electron chi connectivity index (χ2n) is 3.65. The average Bonchev–Trinajstić information content (AvgIpc) is 2.90. The molecule has 0 unspecified atom stereocenters. The van der Waals surface area contributed by atoms with E-state index in [0.29, 0.717) is 12.2 Å². The highest BCUT2D eigenvalue weighted by Gasteiger charge is 2.03. The highest BCUT2D eigenvalue weighted by atomic mass is 16.2. The van der Waals surface area contributed by atoms with Crippen molar-refractivity contribution in [2.45, 2.75) is 13.0 Å². The summed E-state index contributed by atoms with van der Waals surface area (Å²) in [5.41, 5.74) is 7.04. The molecule has 0 radical (unpaired) electrons. The summed E-state index contributed by atoms with van der Waals surface area (Å²) in [6.45, 7) is 0.748. The molecular formula is C10H14N6O. The van der Waals surface area contributed by atoms with Gasteiger partial charge in [0, 0.05) is 31.1 Å². The van der Waals surface area contributed by atoms with Gasteiger partial charge in [-0.3, -0.25) is 9.48 Å². The number of imidazole rings is 1. The van der Waals surface area contributed by atoms with Gasteiger partial charge in [-0.1, -0.05) is 0 Å². The number of aromatic amines is 1. The van der Waals surface area contributed by atoms with Crippen molar-refractivity contribution < 1.29 is 4.79 Å². The van der Waals surface area contributed by atoms with Gasteiger partial charge in [0.05, 0.1) is 18.2 Å². The second kappa shape index (κ2) is 5.15. The first-order valence-corrected chi connectivity index (χ1v) is 5.26. The molecule has 90 valence electrons. The predicted octanol–water partition coefficient (Wildman–Crippen LogP) is -0.453. The minimum Gasteiger partial charge on any atom is -0.396 e. The first-order valence-electron chi connectivity index (χ1n) is 5.26. The quantitative estimate of drug-likeness (QED) is 0.652. The minimum atomic E-state index is -0.0902. The van der Waals surface area contributed by atoms with Crippen molar-refractivity contribution in [2.24, 2.45) is 0 Å². The van der Waals surface area contributed by atoms with E-state index in [1.54, 1.807) is 18.7 Å². The van der Waals surface area contributed by atoms with Crippen molar-refractivity contribution in [2.75, 3.05) is 12.3 Å². The lowest BCUT2D eigenvalue weighted by atomic mass is 10.3. The number of hydrogen-bond donors (Lipinski definition) is 3. The van der Waals surface area contributed by atoms with Crippen LogP contribution in [0.5, 0.6) is 0 Å². The maximum Gasteiger partial charge on any atom is 0.241 e. The molecule has 0 spiro atoms. The molecule has 17 heavy (non-hydrogen) atoms. The number of hydrogen-bond acceptors (Lipinski definition) is 4. The highest BCUT2D eigenvalue weighted by molar-refractivity contribution is 5.75. The van der Waals surface area contributed by atoms with E-state index in [9.17, 15) is 4.79 Å². The summed E-state index contributed by atoms with van der Waals surface area (Å²) in [7, 11) is 0. The molecule has 2 heterocycles. The lowest BCUT2D eigenvalue weighted by molar-refractivity contribution is -0.121. The van der Waals surface area contributed by atoms with Gasteiger partial charge in [0.25, 0.3) is 0 Å². The van der Waals surface area contributed by atoms with Gasteiger partial charge >= 0.3 is 0 Å². The van der Waals surface area contributed by atoms with Gasteiger partial charge in [0.1, 0.15) is 6.54 Å². The number of nitrogen functional groups attached to an aromatic ring is 1. The summed E-state index contributed by atoms with van der Waals surface area (Å²) >= 11 is 0. The van der Waals surface area contributed by atoms with Gasteiger partial charge in [0.15, 0.2) is 0 Å². The summed E-state index contributed by atoms with van der Waals surface area (Å²) in [5, 5.41) is 6.72. The van der Waals surface area contributed by atoms with Crippen molar-refractivity contribution >= 4 is 11.6 Å². The van der Waals surface area contributed by atoms with E-state index in [1.165, 1.54) is 10.9 Å². The first-order chi connectivity index (χ1) is 8.24. The zero-order valence-corrected chi connectivity index (χ0v) is 9.26. The predicted molar refractivity (Wildman–Crippen MR) is 61.9 cm³/mol. The van der Waals surface area contributed by atoms with E-state index in [0.717, 1.165) is 12.1 Å². The number of carbonyl (C=O) groups is 1. The Morgan fingerprint density at radius 3 is 3.06 bits per heavy atom. The highest BCUT2D eigenvalue weighted by Crippen LogP contribution is 1.97. The minimum absolute atomic E-state index is 0.0902. The number of carbonyl (C=O) groups excluding carboxylic acids is 1. The lowest BCUT2D eigenvalue weighted by Crippen LogP contribution is -2.29. The third kappa shape index (κ3) is 3.33. The molecule has 0 aliphatic carbocycles. The van der Waals surface area contributed by atoms with E-state index < -0.39 is 0 Å². The van der Waals surface area contributed by atoms with Crippen LogP contribution in [-0.2, 0) is 17.8 Å². The molecule has 2 aromatic rings. The topological polar surface area (TPSA) is 102 Å². The van der Waals surface area contributed by atoms with Crippen LogP contribution < -0.4 is 11.1 Å². The fourth-order valence-electron chi connectivity index (χ4n) is 1.43. The van der Waals surface area contributed by atoms with E-state index in [1.807, 2.05) is 0 Å². The van der Waals surface area contributed by atoms with E-state index in [4.69, 9.17) is 5.73 Å². The molecule has 0 bridgehead atoms. The monoisotopic (exact) mass is 234 g/mol. The molecule has 0 aliphatic heterocycles. The molecule has 0 atom stereocenters. The van der Waals surface area contributed by atoms with E-state index >= 15 is 0 Å². The Morgan fingerprint density at radius 2 is 2.41 bits per heavy atom. The molecule has 1 amide bonds. The maximum absolute atomic E-state index is 11.5. The van der Waals surface area contributed by atoms with Crippen LogP contribution in [0.1, 0.15) is 5.69 Å². The first kappa shape index (κ1) is 11.2. The van der Waals surface area contributed by atoms with Crippen LogP contribution in [0.25, 0.3) is 0 Å². The van der Waals surface area contributed by atoms with Crippen LogP contribution in [0, 0.1) is 0 Å². The molecule has 2 aromatic heterocycles. The average molecular weight is 234 g/mol. The zero-order chi connectivity index (χ0) is 12.1. The van der Waals surface area contributed by atoms with Crippen molar-refractivity contribution in [1.29, 1.82) is 0 Å². The molecule has 2 rings (SSSR count).